The second-order valence-electron chi connectivity index (χ2n) is 6.96. The van der Waals surface area contributed by atoms with Crippen molar-refractivity contribution in [1.82, 2.24) is 4.90 Å². The van der Waals surface area contributed by atoms with Crippen LogP contribution in [0.5, 0.6) is 11.5 Å². The molecule has 9 nitrogen and oxygen atoms in total. The molecular weight excluding hydrogens is 450 g/mol. The molecule has 0 saturated carbocycles. The van der Waals surface area contributed by atoms with Gasteiger partial charge in [0.15, 0.2) is 11.5 Å². The summed E-state index contributed by atoms with van der Waals surface area (Å²) in [7, 11) is 2.65. The number of aromatic carboxylic acids is 1. The van der Waals surface area contributed by atoms with Gasteiger partial charge < -0.3 is 19.3 Å². The normalized spacial score (nSPS) is 15.5. The largest absolute Gasteiger partial charge is 0.493 e. The fraction of sp³-hybridized carbons (Fsp3) is 0.217. The van der Waals surface area contributed by atoms with E-state index in [1.807, 2.05) is 0 Å². The number of hydrogen-bond acceptors (Lipinski definition) is 8. The highest BCUT2D eigenvalue weighted by molar-refractivity contribution is 8.18. The maximum Gasteiger partial charge on any atom is 0.335 e. The van der Waals surface area contributed by atoms with Crippen LogP contribution in [0.1, 0.15) is 28.4 Å². The quantitative estimate of drug-likeness (QED) is 0.455. The van der Waals surface area contributed by atoms with Gasteiger partial charge in [0.2, 0.25) is 0 Å². The molecule has 33 heavy (non-hydrogen) atoms. The summed E-state index contributed by atoms with van der Waals surface area (Å²) < 4.78 is 15.8. The molecule has 3 rings (SSSR count). The van der Waals surface area contributed by atoms with Crippen LogP contribution in [-0.2, 0) is 20.9 Å². The second kappa shape index (κ2) is 10.2. The number of thioether (sulfide) groups is 1. The highest BCUT2D eigenvalue weighted by Crippen LogP contribution is 2.35. The zero-order chi connectivity index (χ0) is 24.1. The van der Waals surface area contributed by atoms with Gasteiger partial charge in [-0.15, -0.1) is 0 Å². The van der Waals surface area contributed by atoms with Gasteiger partial charge in [-0.2, -0.15) is 0 Å². The Hall–Kier alpha value is -3.79. The molecule has 0 aromatic heterocycles. The number of rotatable bonds is 8. The van der Waals surface area contributed by atoms with Gasteiger partial charge in [0, 0.05) is 0 Å². The van der Waals surface area contributed by atoms with E-state index in [1.54, 1.807) is 30.3 Å². The Morgan fingerprint density at radius 3 is 2.55 bits per heavy atom. The zero-order valence-electron chi connectivity index (χ0n) is 18.1. The third-order valence-electron chi connectivity index (χ3n) is 4.81. The van der Waals surface area contributed by atoms with E-state index in [-0.39, 0.29) is 17.1 Å². The summed E-state index contributed by atoms with van der Waals surface area (Å²) in [6, 6.07) is 10.3. The first kappa shape index (κ1) is 23.9. The first-order chi connectivity index (χ1) is 15.7. The summed E-state index contributed by atoms with van der Waals surface area (Å²) in [5, 5.41) is 8.55. The van der Waals surface area contributed by atoms with Crippen LogP contribution in [-0.4, -0.2) is 53.4 Å². The molecule has 0 spiro atoms. The number of imide groups is 1. The molecule has 1 aliphatic heterocycles. The molecule has 0 aliphatic carbocycles. The van der Waals surface area contributed by atoms with Crippen LogP contribution in [0.3, 0.4) is 0 Å². The molecule has 1 saturated heterocycles. The summed E-state index contributed by atoms with van der Waals surface area (Å²) in [6.07, 6.45) is 1.53. The predicted octanol–water partition coefficient (Wildman–Crippen LogP) is 3.57. The summed E-state index contributed by atoms with van der Waals surface area (Å²) >= 11 is 0.732. The van der Waals surface area contributed by atoms with Crippen LogP contribution in [0.4, 0.5) is 4.79 Å². The molecule has 10 heteroatoms. The summed E-state index contributed by atoms with van der Waals surface area (Å²) in [4.78, 5) is 48.8. The molecule has 2 aromatic rings. The number of carbonyl (C=O) groups is 4. The van der Waals surface area contributed by atoms with Crippen molar-refractivity contribution in [3.05, 3.63) is 64.1 Å². The van der Waals surface area contributed by atoms with E-state index >= 15 is 0 Å². The maximum atomic E-state index is 12.6. The fourth-order valence-corrected chi connectivity index (χ4v) is 4.00. The van der Waals surface area contributed by atoms with Gasteiger partial charge in [-0.3, -0.25) is 14.5 Å². The monoisotopic (exact) mass is 471 g/mol. The SMILES string of the molecule is COC(=O)C(C)N1C(=O)SC(=Cc2ccc(OCc3cccc(C(=O)O)c3)c(OC)c2)C1=O. The lowest BCUT2D eigenvalue weighted by Crippen LogP contribution is -2.42. The topological polar surface area (TPSA) is 119 Å². The highest BCUT2D eigenvalue weighted by Gasteiger charge is 2.41. The average molecular weight is 471 g/mol. The van der Waals surface area contributed by atoms with Crippen molar-refractivity contribution < 1.29 is 38.5 Å². The van der Waals surface area contributed by atoms with Crippen molar-refractivity contribution in [3.63, 3.8) is 0 Å². The van der Waals surface area contributed by atoms with Crippen molar-refractivity contribution in [3.8, 4) is 11.5 Å². The molecule has 1 atom stereocenters. The van der Waals surface area contributed by atoms with Crippen LogP contribution in [0.25, 0.3) is 6.08 Å². The Labute approximate surface area is 193 Å². The number of amides is 2. The maximum absolute atomic E-state index is 12.6. The van der Waals surface area contributed by atoms with Crippen molar-refractivity contribution in [2.75, 3.05) is 14.2 Å². The molecular formula is C23H21NO8S. The van der Waals surface area contributed by atoms with Crippen LogP contribution < -0.4 is 9.47 Å². The average Bonchev–Trinajstić information content (AvgIpc) is 3.09. The number of ether oxygens (including phenoxy) is 3. The van der Waals surface area contributed by atoms with Gasteiger partial charge in [-0.1, -0.05) is 18.2 Å². The lowest BCUT2D eigenvalue weighted by Gasteiger charge is -2.18. The van der Waals surface area contributed by atoms with Crippen LogP contribution in [0.15, 0.2) is 47.4 Å². The van der Waals surface area contributed by atoms with E-state index in [1.165, 1.54) is 39.4 Å². The molecule has 1 unspecified atom stereocenters. The van der Waals surface area contributed by atoms with Crippen LogP contribution in [0, 0.1) is 0 Å². The molecule has 172 valence electrons. The summed E-state index contributed by atoms with van der Waals surface area (Å²) in [6.45, 7) is 1.55. The fourth-order valence-electron chi connectivity index (χ4n) is 3.09. The van der Waals surface area contributed by atoms with Gasteiger partial charge >= 0.3 is 11.9 Å². The van der Waals surface area contributed by atoms with Crippen molar-refractivity contribution in [1.29, 1.82) is 0 Å². The van der Waals surface area contributed by atoms with E-state index in [2.05, 4.69) is 4.74 Å². The summed E-state index contributed by atoms with van der Waals surface area (Å²) in [5.74, 6) is -1.48. The third kappa shape index (κ3) is 5.35. The van der Waals surface area contributed by atoms with Crippen molar-refractivity contribution in [2.24, 2.45) is 0 Å². The van der Waals surface area contributed by atoms with Gasteiger partial charge in [0.1, 0.15) is 12.6 Å². The highest BCUT2D eigenvalue weighted by atomic mass is 32.2. The number of benzene rings is 2. The molecule has 1 fully saturated rings. The van der Waals surface area contributed by atoms with Gasteiger partial charge in [-0.05, 0) is 60.2 Å². The van der Waals surface area contributed by atoms with Gasteiger partial charge in [-0.25, -0.2) is 9.59 Å². The Morgan fingerprint density at radius 1 is 1.12 bits per heavy atom. The minimum absolute atomic E-state index is 0.126. The first-order valence-electron chi connectivity index (χ1n) is 9.73. The smallest absolute Gasteiger partial charge is 0.335 e. The lowest BCUT2D eigenvalue weighted by atomic mass is 10.1. The molecule has 1 heterocycles. The number of nitrogens with zero attached hydrogens (tertiary/aromatic N) is 1. The second-order valence-corrected chi connectivity index (χ2v) is 7.95. The number of methoxy groups -OCH3 is 2. The first-order valence-corrected chi connectivity index (χ1v) is 10.5. The molecule has 0 bridgehead atoms. The number of esters is 1. The Morgan fingerprint density at radius 2 is 1.88 bits per heavy atom. The van der Waals surface area contributed by atoms with E-state index < -0.39 is 29.1 Å². The minimum Gasteiger partial charge on any atom is -0.493 e. The number of carboxylic acid groups (broad SMARTS) is 1. The van der Waals surface area contributed by atoms with Gasteiger partial charge in [0.05, 0.1) is 24.7 Å². The number of carboxylic acids is 1. The van der Waals surface area contributed by atoms with Crippen molar-refractivity contribution >= 4 is 40.9 Å². The Bertz CT molecular complexity index is 1140. The van der Waals surface area contributed by atoms with E-state index in [0.717, 1.165) is 16.7 Å². The van der Waals surface area contributed by atoms with E-state index in [0.29, 0.717) is 22.6 Å². The number of hydrogen-bond donors (Lipinski definition) is 1. The van der Waals surface area contributed by atoms with Crippen LogP contribution >= 0.6 is 11.8 Å². The Kier molecular flexibility index (Phi) is 7.39. The third-order valence-corrected chi connectivity index (χ3v) is 5.69. The molecule has 2 amide bonds. The van der Waals surface area contributed by atoms with Crippen LogP contribution in [0.2, 0.25) is 0 Å². The standard InChI is InChI=1S/C23H21NO8S/c1-13(22(28)31-3)24-20(25)19(33-23(24)29)11-14-7-8-17(18(10-14)30-2)32-12-15-5-4-6-16(9-15)21(26)27/h4-11,13H,12H2,1-3H3,(H,26,27). The Balaban J connectivity index is 1.77. The van der Waals surface area contributed by atoms with Gasteiger partial charge in [0.25, 0.3) is 11.1 Å². The molecule has 1 N–H and O–H groups in total. The predicted molar refractivity (Wildman–Crippen MR) is 120 cm³/mol. The van der Waals surface area contributed by atoms with Crippen molar-refractivity contribution in [2.45, 2.75) is 19.6 Å². The summed E-state index contributed by atoms with van der Waals surface area (Å²) in [5.41, 5.74) is 1.42. The number of carbonyl (C=O) groups excluding carboxylic acids is 3. The lowest BCUT2D eigenvalue weighted by molar-refractivity contribution is -0.148. The molecule has 2 aromatic carbocycles. The molecule has 0 radical (unpaired) electrons. The van der Waals surface area contributed by atoms with E-state index in [4.69, 9.17) is 14.6 Å². The van der Waals surface area contributed by atoms with E-state index in [9.17, 15) is 19.2 Å². The molecule has 1 aliphatic rings. The minimum atomic E-state index is -1.03. The zero-order valence-corrected chi connectivity index (χ0v) is 18.9.